The van der Waals surface area contributed by atoms with E-state index in [9.17, 15) is 0 Å². The fourth-order valence-corrected chi connectivity index (χ4v) is 4.29. The molecule has 33 heavy (non-hydrogen) atoms. The lowest BCUT2D eigenvalue weighted by atomic mass is 10.1. The Bertz CT molecular complexity index is 1180. The molecule has 7 nitrogen and oxygen atoms in total. The molecule has 1 fully saturated rings. The predicted molar refractivity (Wildman–Crippen MR) is 127 cm³/mol. The molecule has 0 saturated carbocycles. The first kappa shape index (κ1) is 21.4. The Morgan fingerprint density at radius 1 is 0.879 bits per heavy atom. The highest BCUT2D eigenvalue weighted by atomic mass is 16.5. The van der Waals surface area contributed by atoms with Crippen LogP contribution in [-0.4, -0.2) is 56.1 Å². The van der Waals surface area contributed by atoms with Gasteiger partial charge in [0.2, 0.25) is 11.7 Å². The number of hydrogen-bond acceptors (Lipinski definition) is 7. The second-order valence-corrected chi connectivity index (χ2v) is 8.48. The molecule has 0 spiro atoms. The Balaban J connectivity index is 1.18. The van der Waals surface area contributed by atoms with Crippen molar-refractivity contribution in [2.45, 2.75) is 26.4 Å². The van der Waals surface area contributed by atoms with Crippen LogP contribution in [0.3, 0.4) is 0 Å². The number of rotatable bonds is 6. The van der Waals surface area contributed by atoms with Gasteiger partial charge < -0.3 is 4.52 Å². The Kier molecular flexibility index (Phi) is 6.24. The van der Waals surface area contributed by atoms with E-state index in [2.05, 4.69) is 67.2 Å². The fourth-order valence-electron chi connectivity index (χ4n) is 4.29. The van der Waals surface area contributed by atoms with Crippen molar-refractivity contribution in [3.63, 3.8) is 0 Å². The van der Waals surface area contributed by atoms with Crippen LogP contribution in [0.1, 0.15) is 30.2 Å². The molecule has 1 aliphatic heterocycles. The van der Waals surface area contributed by atoms with Crippen molar-refractivity contribution < 1.29 is 4.52 Å². The van der Waals surface area contributed by atoms with Crippen LogP contribution in [0.25, 0.3) is 22.6 Å². The monoisotopic (exact) mass is 440 g/mol. The Hall–Kier alpha value is -3.42. The second-order valence-electron chi connectivity index (χ2n) is 8.48. The Morgan fingerprint density at radius 2 is 1.61 bits per heavy atom. The van der Waals surface area contributed by atoms with Gasteiger partial charge in [0.15, 0.2) is 0 Å². The first-order valence-corrected chi connectivity index (χ1v) is 11.4. The molecule has 0 aliphatic carbocycles. The minimum Gasteiger partial charge on any atom is -0.338 e. The van der Waals surface area contributed by atoms with Crippen LogP contribution >= 0.6 is 0 Å². The normalized spacial score (nSPS) is 16.1. The van der Waals surface area contributed by atoms with E-state index in [4.69, 9.17) is 4.52 Å². The van der Waals surface area contributed by atoms with Crippen molar-refractivity contribution in [3.05, 3.63) is 84.1 Å². The zero-order valence-corrected chi connectivity index (χ0v) is 19.1. The van der Waals surface area contributed by atoms with E-state index in [0.29, 0.717) is 24.3 Å². The summed E-state index contributed by atoms with van der Waals surface area (Å²) in [5.74, 6) is 2.03. The SMILES string of the molecule is Cc1nccc(-c2ccc(-c3noc(CN4CCN([C@@H](C)c5ccccc5)CC4)n3)cc2)n1. The number of piperazine rings is 1. The van der Waals surface area contributed by atoms with Gasteiger partial charge in [0, 0.05) is 49.5 Å². The van der Waals surface area contributed by atoms with Gasteiger partial charge in [0.25, 0.3) is 0 Å². The minimum absolute atomic E-state index is 0.428. The molecular formula is C26H28N6O. The zero-order chi connectivity index (χ0) is 22.6. The Morgan fingerprint density at radius 3 is 2.33 bits per heavy atom. The fraction of sp³-hybridized carbons (Fsp3) is 0.308. The molecule has 4 aromatic rings. The van der Waals surface area contributed by atoms with Crippen molar-refractivity contribution in [2.24, 2.45) is 0 Å². The van der Waals surface area contributed by atoms with Gasteiger partial charge in [-0.2, -0.15) is 4.98 Å². The molecule has 0 N–H and O–H groups in total. The average molecular weight is 441 g/mol. The molecule has 2 aromatic carbocycles. The number of aryl methyl sites for hydroxylation is 1. The molecule has 0 amide bonds. The third-order valence-electron chi connectivity index (χ3n) is 6.28. The van der Waals surface area contributed by atoms with Crippen LogP contribution < -0.4 is 0 Å². The van der Waals surface area contributed by atoms with E-state index in [-0.39, 0.29) is 0 Å². The molecule has 7 heteroatoms. The van der Waals surface area contributed by atoms with E-state index in [0.717, 1.165) is 48.8 Å². The first-order valence-electron chi connectivity index (χ1n) is 11.4. The average Bonchev–Trinajstić information content (AvgIpc) is 3.33. The van der Waals surface area contributed by atoms with Gasteiger partial charge in [0.05, 0.1) is 12.2 Å². The zero-order valence-electron chi connectivity index (χ0n) is 19.1. The molecule has 2 aromatic heterocycles. The molecule has 3 heterocycles. The lowest BCUT2D eigenvalue weighted by molar-refractivity contribution is 0.0905. The largest absolute Gasteiger partial charge is 0.338 e. The summed E-state index contributed by atoms with van der Waals surface area (Å²) < 4.78 is 5.56. The van der Waals surface area contributed by atoms with Crippen LogP contribution in [-0.2, 0) is 6.54 Å². The van der Waals surface area contributed by atoms with E-state index in [1.54, 1.807) is 6.20 Å². The molecule has 1 atom stereocenters. The summed E-state index contributed by atoms with van der Waals surface area (Å²) in [7, 11) is 0. The third-order valence-corrected chi connectivity index (χ3v) is 6.28. The maximum absolute atomic E-state index is 5.56. The van der Waals surface area contributed by atoms with Crippen molar-refractivity contribution >= 4 is 0 Å². The quantitative estimate of drug-likeness (QED) is 0.441. The number of nitrogens with zero attached hydrogens (tertiary/aromatic N) is 6. The van der Waals surface area contributed by atoms with Crippen LogP contribution in [0.15, 0.2) is 71.4 Å². The number of benzene rings is 2. The van der Waals surface area contributed by atoms with Gasteiger partial charge in [-0.1, -0.05) is 59.8 Å². The standard InChI is InChI=1S/C26H28N6O/c1-19(21-6-4-3-5-7-21)32-16-14-31(15-17-32)18-25-29-26(30-33-25)23-10-8-22(9-11-23)24-12-13-27-20(2)28-24/h3-13,19H,14-18H2,1-2H3/t19-/m0/s1. The Labute approximate surface area is 194 Å². The maximum atomic E-state index is 5.56. The highest BCUT2D eigenvalue weighted by Crippen LogP contribution is 2.24. The molecule has 0 radical (unpaired) electrons. The molecule has 168 valence electrons. The smallest absolute Gasteiger partial charge is 0.241 e. The van der Waals surface area contributed by atoms with Crippen LogP contribution in [0.2, 0.25) is 0 Å². The maximum Gasteiger partial charge on any atom is 0.241 e. The van der Waals surface area contributed by atoms with Gasteiger partial charge in [-0.05, 0) is 25.5 Å². The second kappa shape index (κ2) is 9.60. The van der Waals surface area contributed by atoms with Crippen molar-refractivity contribution in [2.75, 3.05) is 26.2 Å². The summed E-state index contributed by atoms with van der Waals surface area (Å²) in [6.45, 7) is 8.89. The number of hydrogen-bond donors (Lipinski definition) is 0. The molecule has 1 aliphatic rings. The first-order chi connectivity index (χ1) is 16.2. The molecule has 0 bridgehead atoms. The van der Waals surface area contributed by atoms with E-state index in [1.165, 1.54) is 5.56 Å². The van der Waals surface area contributed by atoms with Crippen molar-refractivity contribution in [1.29, 1.82) is 0 Å². The lowest BCUT2D eigenvalue weighted by Crippen LogP contribution is -2.46. The summed E-state index contributed by atoms with van der Waals surface area (Å²) in [5, 5.41) is 4.20. The molecule has 0 unspecified atom stereocenters. The summed E-state index contributed by atoms with van der Waals surface area (Å²) >= 11 is 0. The van der Waals surface area contributed by atoms with Gasteiger partial charge >= 0.3 is 0 Å². The topological polar surface area (TPSA) is 71.2 Å². The number of aromatic nitrogens is 4. The molecule has 5 rings (SSSR count). The summed E-state index contributed by atoms with van der Waals surface area (Å²) in [5.41, 5.74) is 4.24. The molecule has 1 saturated heterocycles. The highest BCUT2D eigenvalue weighted by molar-refractivity contribution is 5.64. The van der Waals surface area contributed by atoms with E-state index < -0.39 is 0 Å². The summed E-state index contributed by atoms with van der Waals surface area (Å²) in [4.78, 5) is 18.2. The van der Waals surface area contributed by atoms with Crippen LogP contribution in [0.4, 0.5) is 0 Å². The van der Waals surface area contributed by atoms with Crippen LogP contribution in [0, 0.1) is 6.92 Å². The highest BCUT2D eigenvalue weighted by Gasteiger charge is 2.23. The summed E-state index contributed by atoms with van der Waals surface area (Å²) in [6, 6.07) is 21.1. The van der Waals surface area contributed by atoms with Gasteiger partial charge in [-0.25, -0.2) is 9.97 Å². The minimum atomic E-state index is 0.428. The van der Waals surface area contributed by atoms with E-state index in [1.807, 2.05) is 37.3 Å². The summed E-state index contributed by atoms with van der Waals surface area (Å²) in [6.07, 6.45) is 1.78. The predicted octanol–water partition coefficient (Wildman–Crippen LogP) is 4.38. The van der Waals surface area contributed by atoms with E-state index >= 15 is 0 Å². The third kappa shape index (κ3) is 4.99. The van der Waals surface area contributed by atoms with Crippen molar-refractivity contribution in [1.82, 2.24) is 29.9 Å². The van der Waals surface area contributed by atoms with Crippen LogP contribution in [0.5, 0.6) is 0 Å². The van der Waals surface area contributed by atoms with Gasteiger partial charge in [0.1, 0.15) is 5.82 Å². The van der Waals surface area contributed by atoms with Crippen molar-refractivity contribution in [3.8, 4) is 22.6 Å². The van der Waals surface area contributed by atoms with Gasteiger partial charge in [-0.3, -0.25) is 9.80 Å². The van der Waals surface area contributed by atoms with Gasteiger partial charge in [-0.15, -0.1) is 0 Å². The lowest BCUT2D eigenvalue weighted by Gasteiger charge is -2.37. The molecular weight excluding hydrogens is 412 g/mol.